The summed E-state index contributed by atoms with van der Waals surface area (Å²) >= 11 is 5.52. The molecule has 1 heterocycles. The lowest BCUT2D eigenvalue weighted by molar-refractivity contribution is -0.124. The molecule has 2 N–H and O–H groups in total. The number of methoxy groups -OCH3 is 1. The third-order valence-corrected chi connectivity index (χ3v) is 5.71. The van der Waals surface area contributed by atoms with Crippen LogP contribution in [0, 0.1) is 5.82 Å². The molecular formula is C25H21FN4O4S. The SMILES string of the molecule is COc1ccc(N2C(=O)C(CC(=O)Nc3ccccc3F)N(NC(=O)c3ccccc3)C2=S)cc1. The summed E-state index contributed by atoms with van der Waals surface area (Å²) in [5.41, 5.74) is 3.41. The summed E-state index contributed by atoms with van der Waals surface area (Å²) in [5.74, 6) is -1.66. The van der Waals surface area contributed by atoms with E-state index in [1.807, 2.05) is 0 Å². The molecule has 1 saturated heterocycles. The fourth-order valence-electron chi connectivity index (χ4n) is 3.57. The topological polar surface area (TPSA) is 91.0 Å². The van der Waals surface area contributed by atoms with Crippen molar-refractivity contribution in [3.63, 3.8) is 0 Å². The highest BCUT2D eigenvalue weighted by atomic mass is 32.1. The number of anilines is 2. The number of benzene rings is 3. The van der Waals surface area contributed by atoms with Crippen molar-refractivity contribution in [2.45, 2.75) is 12.5 Å². The van der Waals surface area contributed by atoms with Gasteiger partial charge in [0, 0.05) is 5.56 Å². The summed E-state index contributed by atoms with van der Waals surface area (Å²) in [7, 11) is 1.52. The van der Waals surface area contributed by atoms with Gasteiger partial charge in [-0.05, 0) is 60.7 Å². The normalized spacial score (nSPS) is 15.2. The number of halogens is 1. The van der Waals surface area contributed by atoms with Gasteiger partial charge >= 0.3 is 0 Å². The van der Waals surface area contributed by atoms with Crippen molar-refractivity contribution in [3.8, 4) is 5.75 Å². The van der Waals surface area contributed by atoms with Crippen molar-refractivity contribution in [2.75, 3.05) is 17.3 Å². The van der Waals surface area contributed by atoms with Crippen molar-refractivity contribution in [3.05, 3.63) is 90.2 Å². The molecule has 1 atom stereocenters. The largest absolute Gasteiger partial charge is 0.497 e. The van der Waals surface area contributed by atoms with E-state index >= 15 is 0 Å². The highest BCUT2D eigenvalue weighted by Crippen LogP contribution is 2.28. The van der Waals surface area contributed by atoms with Gasteiger partial charge in [-0.2, -0.15) is 0 Å². The average molecular weight is 493 g/mol. The van der Waals surface area contributed by atoms with E-state index in [4.69, 9.17) is 17.0 Å². The lowest BCUT2D eigenvalue weighted by atomic mass is 10.1. The highest BCUT2D eigenvalue weighted by Gasteiger charge is 2.45. The van der Waals surface area contributed by atoms with Crippen LogP contribution in [-0.4, -0.2) is 41.0 Å². The third-order valence-electron chi connectivity index (χ3n) is 5.33. The molecule has 178 valence electrons. The van der Waals surface area contributed by atoms with Gasteiger partial charge in [-0.3, -0.25) is 24.7 Å². The molecule has 4 rings (SSSR count). The average Bonchev–Trinajstić information content (AvgIpc) is 3.09. The second-order valence-electron chi connectivity index (χ2n) is 7.58. The minimum Gasteiger partial charge on any atom is -0.497 e. The predicted octanol–water partition coefficient (Wildman–Crippen LogP) is 3.51. The van der Waals surface area contributed by atoms with Gasteiger partial charge in [-0.15, -0.1) is 0 Å². The van der Waals surface area contributed by atoms with Gasteiger partial charge in [0.25, 0.3) is 11.8 Å². The molecule has 3 amide bonds. The number of rotatable bonds is 7. The Bertz CT molecular complexity index is 1270. The molecule has 1 fully saturated rings. The zero-order chi connectivity index (χ0) is 24.9. The van der Waals surface area contributed by atoms with Gasteiger partial charge in [0.2, 0.25) is 11.0 Å². The number of para-hydroxylation sites is 1. The van der Waals surface area contributed by atoms with E-state index in [9.17, 15) is 18.8 Å². The minimum atomic E-state index is -1.15. The number of carbonyl (C=O) groups is 3. The van der Waals surface area contributed by atoms with E-state index in [2.05, 4.69) is 10.7 Å². The zero-order valence-electron chi connectivity index (χ0n) is 18.6. The minimum absolute atomic E-state index is 0.00635. The van der Waals surface area contributed by atoms with Crippen molar-refractivity contribution < 1.29 is 23.5 Å². The molecule has 0 aliphatic carbocycles. The van der Waals surface area contributed by atoms with Crippen molar-refractivity contribution >= 4 is 46.4 Å². The van der Waals surface area contributed by atoms with Crippen LogP contribution >= 0.6 is 12.2 Å². The fraction of sp³-hybridized carbons (Fsp3) is 0.120. The molecule has 3 aromatic rings. The summed E-state index contributed by atoms with van der Waals surface area (Å²) in [5, 5.41) is 3.65. The number of nitrogens with zero attached hydrogens (tertiary/aromatic N) is 2. The third kappa shape index (κ3) is 5.12. The zero-order valence-corrected chi connectivity index (χ0v) is 19.4. The lowest BCUT2D eigenvalue weighted by Crippen LogP contribution is -2.49. The first kappa shape index (κ1) is 23.8. The molecule has 35 heavy (non-hydrogen) atoms. The first-order chi connectivity index (χ1) is 16.9. The van der Waals surface area contributed by atoms with Gasteiger partial charge in [-0.1, -0.05) is 30.3 Å². The number of thiocarbonyl (C=S) groups is 1. The Morgan fingerprint density at radius 1 is 1.00 bits per heavy atom. The van der Waals surface area contributed by atoms with Crippen LogP contribution in [0.25, 0.3) is 0 Å². The van der Waals surface area contributed by atoms with Gasteiger partial charge in [0.1, 0.15) is 17.6 Å². The Morgan fingerprint density at radius 2 is 1.66 bits per heavy atom. The van der Waals surface area contributed by atoms with Crippen molar-refractivity contribution in [2.24, 2.45) is 0 Å². The maximum Gasteiger partial charge on any atom is 0.269 e. The molecule has 1 aliphatic rings. The fourth-order valence-corrected chi connectivity index (χ4v) is 3.94. The molecule has 0 aromatic heterocycles. The summed E-state index contributed by atoms with van der Waals surface area (Å²) in [6.45, 7) is 0. The van der Waals surface area contributed by atoms with E-state index < -0.39 is 29.6 Å². The maximum absolute atomic E-state index is 14.0. The molecule has 3 aromatic carbocycles. The molecule has 8 nitrogen and oxygen atoms in total. The van der Waals surface area contributed by atoms with Crippen LogP contribution in [-0.2, 0) is 9.59 Å². The van der Waals surface area contributed by atoms with E-state index in [-0.39, 0.29) is 17.2 Å². The Hall–Kier alpha value is -4.31. The standard InChI is InChI=1S/C25H21FN4O4S/c1-34-18-13-11-17(12-14-18)29-24(33)21(15-22(31)27-20-10-6-5-9-19(20)26)30(25(29)35)28-23(32)16-7-3-2-4-8-16/h2-14,21H,15H2,1H3,(H,27,31)(H,28,32). The molecule has 0 radical (unpaired) electrons. The molecule has 0 saturated carbocycles. The van der Waals surface area contributed by atoms with Crippen molar-refractivity contribution in [1.29, 1.82) is 0 Å². The second-order valence-corrected chi connectivity index (χ2v) is 7.94. The van der Waals surface area contributed by atoms with Crippen LogP contribution in [0.1, 0.15) is 16.8 Å². The van der Waals surface area contributed by atoms with Crippen LogP contribution in [0.3, 0.4) is 0 Å². The summed E-state index contributed by atoms with van der Waals surface area (Å²) in [6, 6.07) is 19.5. The lowest BCUT2D eigenvalue weighted by Gasteiger charge is -2.24. The van der Waals surface area contributed by atoms with Gasteiger partial charge < -0.3 is 10.1 Å². The monoisotopic (exact) mass is 492 g/mol. The predicted molar refractivity (Wildman–Crippen MR) is 132 cm³/mol. The Kier molecular flexibility index (Phi) is 7.02. The van der Waals surface area contributed by atoms with Gasteiger partial charge in [0.15, 0.2) is 0 Å². The van der Waals surface area contributed by atoms with Crippen LogP contribution < -0.4 is 20.4 Å². The summed E-state index contributed by atoms with van der Waals surface area (Å²) < 4.78 is 19.2. The van der Waals surface area contributed by atoms with Gasteiger partial charge in [0.05, 0.1) is 24.9 Å². The number of ether oxygens (including phenoxy) is 1. The molecule has 1 unspecified atom stereocenters. The number of amides is 3. The first-order valence-corrected chi connectivity index (χ1v) is 11.0. The van der Waals surface area contributed by atoms with Crippen molar-refractivity contribution in [1.82, 2.24) is 10.4 Å². The smallest absolute Gasteiger partial charge is 0.269 e. The Labute approximate surface area is 206 Å². The Morgan fingerprint density at radius 3 is 2.31 bits per heavy atom. The number of hydrogen-bond acceptors (Lipinski definition) is 5. The van der Waals surface area contributed by atoms with E-state index in [0.717, 1.165) is 0 Å². The summed E-state index contributed by atoms with van der Waals surface area (Å²) in [6.07, 6.45) is -0.380. The number of carbonyl (C=O) groups excluding carboxylic acids is 3. The molecule has 0 bridgehead atoms. The quantitative estimate of drug-likeness (QED) is 0.491. The first-order valence-electron chi connectivity index (χ1n) is 10.6. The number of hydrazine groups is 1. The number of nitrogens with one attached hydrogen (secondary N) is 2. The van der Waals surface area contributed by atoms with E-state index in [0.29, 0.717) is 17.0 Å². The number of hydrogen-bond donors (Lipinski definition) is 2. The van der Waals surface area contributed by atoms with E-state index in [1.54, 1.807) is 60.7 Å². The molecule has 10 heteroatoms. The Balaban J connectivity index is 1.61. The highest BCUT2D eigenvalue weighted by molar-refractivity contribution is 7.80. The van der Waals surface area contributed by atoms with Gasteiger partial charge in [-0.25, -0.2) is 9.40 Å². The molecule has 0 spiro atoms. The van der Waals surface area contributed by atoms with Crippen LogP contribution in [0.15, 0.2) is 78.9 Å². The van der Waals surface area contributed by atoms with Crippen LogP contribution in [0.2, 0.25) is 0 Å². The summed E-state index contributed by atoms with van der Waals surface area (Å²) in [4.78, 5) is 40.2. The maximum atomic E-state index is 14.0. The van der Waals surface area contributed by atoms with Crippen LogP contribution in [0.5, 0.6) is 5.75 Å². The molecular weight excluding hydrogens is 471 g/mol. The van der Waals surface area contributed by atoms with E-state index in [1.165, 1.54) is 35.2 Å². The second kappa shape index (κ2) is 10.3. The molecule has 1 aliphatic heterocycles. The van der Waals surface area contributed by atoms with Crippen LogP contribution in [0.4, 0.5) is 15.8 Å².